The Bertz CT molecular complexity index is 688. The lowest BCUT2D eigenvalue weighted by Gasteiger charge is -1.86. The SMILES string of the molecule is Cc1nc(-c2noc3c(N)c(C)sc23)oc1C. The zero-order valence-electron chi connectivity index (χ0n) is 9.70. The van der Waals surface area contributed by atoms with Crippen molar-refractivity contribution in [3.63, 3.8) is 0 Å². The maximum absolute atomic E-state index is 5.89. The first kappa shape index (κ1) is 10.3. The topological polar surface area (TPSA) is 78.1 Å². The number of nitrogens with zero attached hydrogens (tertiary/aromatic N) is 2. The van der Waals surface area contributed by atoms with E-state index in [0.29, 0.717) is 22.9 Å². The van der Waals surface area contributed by atoms with Crippen molar-refractivity contribution in [2.24, 2.45) is 0 Å². The number of rotatable bonds is 1. The molecular formula is C11H11N3O2S. The third-order valence-electron chi connectivity index (χ3n) is 2.76. The molecule has 0 radical (unpaired) electrons. The first-order chi connectivity index (χ1) is 8.08. The Labute approximate surface area is 101 Å². The van der Waals surface area contributed by atoms with Crippen molar-refractivity contribution >= 4 is 27.3 Å². The first-order valence-electron chi connectivity index (χ1n) is 5.16. The number of hydrogen-bond acceptors (Lipinski definition) is 6. The number of oxazole rings is 1. The molecule has 0 unspecified atom stereocenters. The average Bonchev–Trinajstić information content (AvgIpc) is 2.89. The summed E-state index contributed by atoms with van der Waals surface area (Å²) in [4.78, 5) is 5.33. The molecule has 3 rings (SSSR count). The van der Waals surface area contributed by atoms with Gasteiger partial charge in [-0.25, -0.2) is 4.98 Å². The number of thiophene rings is 1. The molecule has 0 aliphatic heterocycles. The van der Waals surface area contributed by atoms with Gasteiger partial charge in [0.1, 0.15) is 10.5 Å². The van der Waals surface area contributed by atoms with Gasteiger partial charge >= 0.3 is 0 Å². The molecule has 0 spiro atoms. The highest BCUT2D eigenvalue weighted by atomic mass is 32.1. The summed E-state index contributed by atoms with van der Waals surface area (Å²) >= 11 is 1.54. The zero-order valence-corrected chi connectivity index (χ0v) is 10.5. The number of nitrogens with two attached hydrogens (primary N) is 1. The maximum atomic E-state index is 5.89. The Morgan fingerprint density at radius 2 is 2.00 bits per heavy atom. The molecule has 0 fully saturated rings. The molecule has 17 heavy (non-hydrogen) atoms. The van der Waals surface area contributed by atoms with E-state index in [0.717, 1.165) is 21.0 Å². The van der Waals surface area contributed by atoms with Crippen LogP contribution in [0.25, 0.3) is 21.9 Å². The summed E-state index contributed by atoms with van der Waals surface area (Å²) in [7, 11) is 0. The molecule has 0 amide bonds. The van der Waals surface area contributed by atoms with Crippen LogP contribution in [0.2, 0.25) is 0 Å². The number of nitrogen functional groups attached to an aromatic ring is 1. The van der Waals surface area contributed by atoms with E-state index in [4.69, 9.17) is 14.7 Å². The van der Waals surface area contributed by atoms with Crippen LogP contribution in [0.1, 0.15) is 16.3 Å². The molecule has 3 heterocycles. The predicted molar refractivity (Wildman–Crippen MR) is 66.0 cm³/mol. The Morgan fingerprint density at radius 1 is 1.24 bits per heavy atom. The molecule has 88 valence electrons. The molecule has 3 aromatic rings. The van der Waals surface area contributed by atoms with E-state index in [9.17, 15) is 0 Å². The van der Waals surface area contributed by atoms with Crippen LogP contribution in [0.15, 0.2) is 8.94 Å². The van der Waals surface area contributed by atoms with Crippen molar-refractivity contribution in [3.8, 4) is 11.6 Å². The molecule has 5 nitrogen and oxygen atoms in total. The van der Waals surface area contributed by atoms with Crippen molar-refractivity contribution in [2.75, 3.05) is 5.73 Å². The third-order valence-corrected chi connectivity index (χ3v) is 3.87. The molecule has 0 aromatic carbocycles. The van der Waals surface area contributed by atoms with Crippen LogP contribution >= 0.6 is 11.3 Å². The monoisotopic (exact) mass is 249 g/mol. The van der Waals surface area contributed by atoms with Crippen LogP contribution in [0.4, 0.5) is 5.69 Å². The predicted octanol–water partition coefficient (Wildman–Crippen LogP) is 3.05. The second-order valence-electron chi connectivity index (χ2n) is 3.92. The molecular weight excluding hydrogens is 238 g/mol. The maximum Gasteiger partial charge on any atom is 0.250 e. The summed E-state index contributed by atoms with van der Waals surface area (Å²) in [5, 5.41) is 3.98. The van der Waals surface area contributed by atoms with Crippen molar-refractivity contribution < 1.29 is 8.94 Å². The average molecular weight is 249 g/mol. The summed E-state index contributed by atoms with van der Waals surface area (Å²) in [6, 6.07) is 0. The Balaban J connectivity index is 2.27. The number of hydrogen-bond donors (Lipinski definition) is 1. The molecule has 0 saturated heterocycles. The Morgan fingerprint density at radius 3 is 2.65 bits per heavy atom. The lowest BCUT2D eigenvalue weighted by Crippen LogP contribution is -1.81. The van der Waals surface area contributed by atoms with Crippen LogP contribution in [-0.2, 0) is 0 Å². The quantitative estimate of drug-likeness (QED) is 0.717. The summed E-state index contributed by atoms with van der Waals surface area (Å²) in [5.74, 6) is 1.28. The second-order valence-corrected chi connectivity index (χ2v) is 5.15. The van der Waals surface area contributed by atoms with Crippen molar-refractivity contribution in [1.29, 1.82) is 0 Å². The van der Waals surface area contributed by atoms with Crippen LogP contribution in [-0.4, -0.2) is 10.1 Å². The van der Waals surface area contributed by atoms with Crippen molar-refractivity contribution in [3.05, 3.63) is 16.3 Å². The molecule has 0 aliphatic rings. The van der Waals surface area contributed by atoms with E-state index >= 15 is 0 Å². The van der Waals surface area contributed by atoms with Crippen LogP contribution in [0, 0.1) is 20.8 Å². The highest BCUT2D eigenvalue weighted by Crippen LogP contribution is 2.39. The minimum Gasteiger partial charge on any atom is -0.440 e. The van der Waals surface area contributed by atoms with Crippen LogP contribution in [0.5, 0.6) is 0 Å². The molecule has 6 heteroatoms. The van der Waals surface area contributed by atoms with E-state index in [1.807, 2.05) is 20.8 Å². The minimum atomic E-state index is 0.486. The van der Waals surface area contributed by atoms with Gasteiger partial charge in [-0.1, -0.05) is 5.16 Å². The van der Waals surface area contributed by atoms with Crippen molar-refractivity contribution in [1.82, 2.24) is 10.1 Å². The van der Waals surface area contributed by atoms with Gasteiger partial charge in [-0.05, 0) is 20.8 Å². The van der Waals surface area contributed by atoms with Gasteiger partial charge < -0.3 is 14.7 Å². The lowest BCUT2D eigenvalue weighted by molar-refractivity contribution is 0.453. The molecule has 0 bridgehead atoms. The summed E-state index contributed by atoms with van der Waals surface area (Å²) in [5.41, 5.74) is 8.64. The van der Waals surface area contributed by atoms with E-state index in [2.05, 4.69) is 10.1 Å². The smallest absolute Gasteiger partial charge is 0.250 e. The van der Waals surface area contributed by atoms with Gasteiger partial charge in [0, 0.05) is 4.88 Å². The minimum absolute atomic E-state index is 0.486. The normalized spacial score (nSPS) is 11.5. The zero-order chi connectivity index (χ0) is 12.2. The van der Waals surface area contributed by atoms with Crippen LogP contribution < -0.4 is 5.73 Å². The fourth-order valence-corrected chi connectivity index (χ4v) is 2.60. The number of aromatic nitrogens is 2. The van der Waals surface area contributed by atoms with Crippen LogP contribution in [0.3, 0.4) is 0 Å². The Hall–Kier alpha value is -1.82. The lowest BCUT2D eigenvalue weighted by atomic mass is 10.3. The highest BCUT2D eigenvalue weighted by Gasteiger charge is 2.21. The molecule has 0 atom stereocenters. The van der Waals surface area contributed by atoms with E-state index < -0.39 is 0 Å². The van der Waals surface area contributed by atoms with Gasteiger partial charge in [0.25, 0.3) is 5.89 Å². The van der Waals surface area contributed by atoms with Gasteiger partial charge in [-0.15, -0.1) is 11.3 Å². The first-order valence-corrected chi connectivity index (χ1v) is 5.98. The third kappa shape index (κ3) is 1.37. The molecule has 3 aromatic heterocycles. The van der Waals surface area contributed by atoms with Gasteiger partial charge in [0.2, 0.25) is 5.58 Å². The largest absolute Gasteiger partial charge is 0.440 e. The van der Waals surface area contributed by atoms with Crippen molar-refractivity contribution in [2.45, 2.75) is 20.8 Å². The van der Waals surface area contributed by atoms with Gasteiger partial charge in [-0.2, -0.15) is 0 Å². The Kier molecular flexibility index (Phi) is 2.03. The van der Waals surface area contributed by atoms with Gasteiger partial charge in [-0.3, -0.25) is 0 Å². The summed E-state index contributed by atoms with van der Waals surface area (Å²) in [6.07, 6.45) is 0. The van der Waals surface area contributed by atoms with Gasteiger partial charge in [0.05, 0.1) is 11.4 Å². The van der Waals surface area contributed by atoms with E-state index in [1.54, 1.807) is 11.3 Å². The van der Waals surface area contributed by atoms with E-state index in [-0.39, 0.29) is 0 Å². The fourth-order valence-electron chi connectivity index (χ4n) is 1.63. The summed E-state index contributed by atoms with van der Waals surface area (Å²) < 4.78 is 11.7. The number of anilines is 1. The molecule has 0 aliphatic carbocycles. The van der Waals surface area contributed by atoms with Gasteiger partial charge in [0.15, 0.2) is 5.69 Å². The highest BCUT2D eigenvalue weighted by molar-refractivity contribution is 7.20. The van der Waals surface area contributed by atoms with E-state index in [1.165, 1.54) is 0 Å². The second kappa shape index (κ2) is 3.33. The summed E-state index contributed by atoms with van der Waals surface area (Å²) in [6.45, 7) is 5.72. The standard InChI is InChI=1S/C11H11N3O2S/c1-4-5(2)15-11(13-4)8-10-9(16-14-8)7(12)6(3)17-10/h12H2,1-3H3. The number of aryl methyl sites for hydroxylation is 3. The molecule has 2 N–H and O–H groups in total. The number of fused-ring (bicyclic) bond motifs is 1. The fraction of sp³-hybridized carbons (Fsp3) is 0.273. The molecule has 0 saturated carbocycles.